The Bertz CT molecular complexity index is 831. The number of nitrogens with zero attached hydrogens (tertiary/aromatic N) is 2. The summed E-state index contributed by atoms with van der Waals surface area (Å²) in [7, 11) is 2.54. The molecule has 2 bridgehead atoms. The number of hydrogen-bond acceptors (Lipinski definition) is 1. The van der Waals surface area contributed by atoms with Crippen molar-refractivity contribution >= 4 is 0 Å². The van der Waals surface area contributed by atoms with E-state index in [1.54, 1.807) is 0 Å². The molecule has 2 aromatic carbocycles. The van der Waals surface area contributed by atoms with E-state index in [4.69, 9.17) is 0 Å². The summed E-state index contributed by atoms with van der Waals surface area (Å²) in [6.45, 7) is 1.41. The van der Waals surface area contributed by atoms with Crippen LogP contribution in [0.25, 0.3) is 0 Å². The molecule has 0 N–H and O–H groups in total. The Morgan fingerprint density at radius 2 is 1.33 bits per heavy atom. The van der Waals surface area contributed by atoms with Gasteiger partial charge in [0.15, 0.2) is 0 Å². The maximum atomic E-state index is 10.5. The van der Waals surface area contributed by atoms with Crippen LogP contribution in [0.15, 0.2) is 60.7 Å². The lowest BCUT2D eigenvalue weighted by Crippen LogP contribution is -3.00. The fourth-order valence-electron chi connectivity index (χ4n) is 6.63. The van der Waals surface area contributed by atoms with Crippen LogP contribution in [0.2, 0.25) is 0 Å². The molecule has 1 saturated carbocycles. The van der Waals surface area contributed by atoms with Crippen molar-refractivity contribution in [3.8, 4) is 6.07 Å². The van der Waals surface area contributed by atoms with Gasteiger partial charge in [-0.3, -0.25) is 0 Å². The van der Waals surface area contributed by atoms with Gasteiger partial charge >= 0.3 is 0 Å². The number of halogens is 1. The molecule has 30 heavy (non-hydrogen) atoms. The fourth-order valence-corrected chi connectivity index (χ4v) is 6.63. The van der Waals surface area contributed by atoms with Crippen molar-refractivity contribution in [2.75, 3.05) is 13.6 Å². The van der Waals surface area contributed by atoms with Crippen molar-refractivity contribution in [3.05, 3.63) is 71.8 Å². The molecule has 158 valence electrons. The molecule has 0 amide bonds. The maximum absolute atomic E-state index is 10.5. The number of nitriles is 1. The van der Waals surface area contributed by atoms with Crippen molar-refractivity contribution in [1.82, 2.24) is 0 Å². The minimum absolute atomic E-state index is 0. The normalized spacial score (nSPS) is 30.3. The molecule has 5 rings (SSSR count). The third kappa shape index (κ3) is 3.74. The number of piperidine rings is 1. The second-order valence-corrected chi connectivity index (χ2v) is 10.1. The quantitative estimate of drug-likeness (QED) is 0.602. The van der Waals surface area contributed by atoms with Gasteiger partial charge in [-0.05, 0) is 36.3 Å². The zero-order valence-corrected chi connectivity index (χ0v) is 19.6. The van der Waals surface area contributed by atoms with E-state index in [9.17, 15) is 5.26 Å². The highest BCUT2D eigenvalue weighted by Gasteiger charge is 2.54. The summed E-state index contributed by atoms with van der Waals surface area (Å²) < 4.78 is 1.33. The summed E-state index contributed by atoms with van der Waals surface area (Å²) in [5.74, 6) is 1.63. The van der Waals surface area contributed by atoms with Gasteiger partial charge in [0.05, 0.1) is 31.7 Å². The van der Waals surface area contributed by atoms with Gasteiger partial charge in [0.2, 0.25) is 0 Å². The Balaban J connectivity index is 0.00000218. The Morgan fingerprint density at radius 3 is 1.77 bits per heavy atom. The van der Waals surface area contributed by atoms with Gasteiger partial charge in [0, 0.05) is 31.6 Å². The number of rotatable bonds is 6. The van der Waals surface area contributed by atoms with Crippen LogP contribution in [0.5, 0.6) is 0 Å². The molecule has 0 radical (unpaired) electrons. The first-order valence-corrected chi connectivity index (χ1v) is 11.5. The van der Waals surface area contributed by atoms with E-state index in [-0.39, 0.29) is 17.0 Å². The first-order chi connectivity index (χ1) is 14.1. The van der Waals surface area contributed by atoms with Gasteiger partial charge < -0.3 is 21.5 Å². The van der Waals surface area contributed by atoms with E-state index >= 15 is 0 Å². The molecule has 2 heterocycles. The maximum Gasteiger partial charge on any atom is 0.107 e. The summed E-state index contributed by atoms with van der Waals surface area (Å²) in [5, 5.41) is 10.5. The van der Waals surface area contributed by atoms with Gasteiger partial charge in [-0.25, -0.2) is 0 Å². The molecular weight excluding hydrogens is 432 g/mol. The van der Waals surface area contributed by atoms with E-state index in [2.05, 4.69) is 73.8 Å². The Kier molecular flexibility index (Phi) is 6.11. The van der Waals surface area contributed by atoms with E-state index in [0.717, 1.165) is 35.5 Å². The average molecular weight is 465 g/mol. The smallest absolute Gasteiger partial charge is 0.107 e. The van der Waals surface area contributed by atoms with Crippen LogP contribution in [0.1, 0.15) is 56.1 Å². The second-order valence-electron chi connectivity index (χ2n) is 10.1. The topological polar surface area (TPSA) is 23.8 Å². The molecule has 2 saturated heterocycles. The highest BCUT2D eigenvalue weighted by atomic mass is 79.9. The number of hydrogen-bond donors (Lipinski definition) is 0. The average Bonchev–Trinajstić information content (AvgIpc) is 3.55. The lowest BCUT2D eigenvalue weighted by molar-refractivity contribution is -0.951. The first kappa shape index (κ1) is 21.6. The first-order valence-electron chi connectivity index (χ1n) is 11.5. The van der Waals surface area contributed by atoms with Crippen LogP contribution in [0.4, 0.5) is 0 Å². The van der Waals surface area contributed by atoms with Gasteiger partial charge in [-0.2, -0.15) is 5.26 Å². The highest BCUT2D eigenvalue weighted by Crippen LogP contribution is 2.50. The van der Waals surface area contributed by atoms with Crippen LogP contribution < -0.4 is 17.0 Å². The van der Waals surface area contributed by atoms with Crippen molar-refractivity contribution in [3.63, 3.8) is 0 Å². The zero-order chi connectivity index (χ0) is 19.9. The molecule has 2 aromatic rings. The van der Waals surface area contributed by atoms with Crippen molar-refractivity contribution in [2.24, 2.45) is 11.8 Å². The van der Waals surface area contributed by atoms with Gasteiger partial charge in [-0.1, -0.05) is 60.7 Å². The molecule has 3 fully saturated rings. The Hall–Kier alpha value is -1.63. The molecule has 2 aliphatic heterocycles. The van der Waals surface area contributed by atoms with E-state index in [0.29, 0.717) is 5.92 Å². The summed E-state index contributed by atoms with van der Waals surface area (Å²) in [4.78, 5) is 0. The fraction of sp³-hybridized carbons (Fsp3) is 0.519. The predicted molar refractivity (Wildman–Crippen MR) is 117 cm³/mol. The monoisotopic (exact) mass is 464 g/mol. The third-order valence-electron chi connectivity index (χ3n) is 8.38. The second kappa shape index (κ2) is 8.48. The molecule has 1 unspecified atom stereocenters. The predicted octanol–water partition coefficient (Wildman–Crippen LogP) is 2.69. The standard InChI is InChI=1S/C27H33N2.BrH/c1-29(19-21-12-13-21)25-14-15-26(29)17-22(16-25)18-27(20-28,23-8-4-2-5-9-23)24-10-6-3-7-11-24;/h2-11,21-22,25-26H,12-19H2,1H3;1H/q+1;/p-1/t22-,25+,26-,29?;. The van der Waals surface area contributed by atoms with E-state index in [1.165, 1.54) is 49.6 Å². The number of benzene rings is 2. The molecule has 0 spiro atoms. The van der Waals surface area contributed by atoms with Gasteiger partial charge in [0.25, 0.3) is 0 Å². The van der Waals surface area contributed by atoms with E-state index in [1.807, 2.05) is 0 Å². The van der Waals surface area contributed by atoms with Gasteiger partial charge in [-0.15, -0.1) is 0 Å². The SMILES string of the molecule is C[N+]1(CC2CC2)[C@@H]2CC[C@H]1C[C@@H](CC(C#N)(c1ccccc1)c1ccccc1)C2.[Br-]. The number of fused-ring (bicyclic) bond motifs is 2. The van der Waals surface area contributed by atoms with Crippen molar-refractivity contribution in [1.29, 1.82) is 5.26 Å². The third-order valence-corrected chi connectivity index (χ3v) is 8.38. The molecule has 3 aliphatic rings. The lowest BCUT2D eigenvalue weighted by Gasteiger charge is -2.48. The van der Waals surface area contributed by atoms with Crippen molar-refractivity contribution < 1.29 is 21.5 Å². The zero-order valence-electron chi connectivity index (χ0n) is 18.0. The molecule has 4 atom stereocenters. The summed E-state index contributed by atoms with van der Waals surface area (Å²) in [6.07, 6.45) is 9.23. The summed E-state index contributed by atoms with van der Waals surface area (Å²) >= 11 is 0. The highest BCUT2D eigenvalue weighted by molar-refractivity contribution is 5.45. The van der Waals surface area contributed by atoms with Crippen LogP contribution in [-0.4, -0.2) is 30.2 Å². The van der Waals surface area contributed by atoms with Crippen molar-refractivity contribution in [2.45, 2.75) is 62.4 Å². The van der Waals surface area contributed by atoms with Crippen LogP contribution in [0.3, 0.4) is 0 Å². The van der Waals surface area contributed by atoms with Gasteiger partial charge in [0.1, 0.15) is 5.41 Å². The lowest BCUT2D eigenvalue weighted by atomic mass is 9.67. The molecule has 2 nitrogen and oxygen atoms in total. The summed E-state index contributed by atoms with van der Waals surface area (Å²) in [5.41, 5.74) is 1.77. The Morgan fingerprint density at radius 1 is 0.833 bits per heavy atom. The van der Waals surface area contributed by atoms with E-state index < -0.39 is 5.41 Å². The van der Waals surface area contributed by atoms with Crippen LogP contribution >= 0.6 is 0 Å². The molecule has 1 aliphatic carbocycles. The molecule has 0 aromatic heterocycles. The number of quaternary nitrogens is 1. The minimum atomic E-state index is -0.538. The van der Waals surface area contributed by atoms with Crippen LogP contribution in [-0.2, 0) is 5.41 Å². The molecule has 3 heteroatoms. The molecular formula is C27H33BrN2. The Labute approximate surface area is 192 Å². The summed E-state index contributed by atoms with van der Waals surface area (Å²) in [6, 6.07) is 25.5. The van der Waals surface area contributed by atoms with Crippen LogP contribution in [0, 0.1) is 23.2 Å². The minimum Gasteiger partial charge on any atom is -1.00 e. The largest absolute Gasteiger partial charge is 1.00 e.